The van der Waals surface area contributed by atoms with Crippen LogP contribution in [0.15, 0.2) is 18.3 Å². The minimum absolute atomic E-state index is 0. The number of amides is 1. The number of piperidine rings is 1. The van der Waals surface area contributed by atoms with Gasteiger partial charge in [-0.2, -0.15) is 5.10 Å². The molecular formula is C14H25Cl2N5O. The van der Waals surface area contributed by atoms with E-state index in [1.54, 1.807) is 6.20 Å². The quantitative estimate of drug-likeness (QED) is 0.869. The van der Waals surface area contributed by atoms with Crippen molar-refractivity contribution in [3.05, 3.63) is 18.3 Å². The van der Waals surface area contributed by atoms with Crippen LogP contribution in [0.2, 0.25) is 0 Å². The molecule has 0 spiro atoms. The number of carbonyl (C=O) groups is 1. The topological polar surface area (TPSA) is 61.4 Å². The second-order valence-electron chi connectivity index (χ2n) is 5.18. The lowest BCUT2D eigenvalue weighted by atomic mass is 10.0. The maximum absolute atomic E-state index is 12.1. The van der Waals surface area contributed by atoms with Crippen molar-refractivity contribution in [3.8, 4) is 0 Å². The Labute approximate surface area is 144 Å². The Balaban J connectivity index is 0.00000220. The van der Waals surface area contributed by atoms with Crippen LogP contribution < -0.4 is 10.2 Å². The van der Waals surface area contributed by atoms with Gasteiger partial charge in [0, 0.05) is 45.3 Å². The molecule has 6 nitrogen and oxygen atoms in total. The predicted octanol–water partition coefficient (Wildman–Crippen LogP) is 1.36. The van der Waals surface area contributed by atoms with Crippen LogP contribution in [0.25, 0.3) is 0 Å². The zero-order chi connectivity index (χ0) is 14.4. The maximum atomic E-state index is 12.1. The van der Waals surface area contributed by atoms with Crippen molar-refractivity contribution in [1.29, 1.82) is 0 Å². The van der Waals surface area contributed by atoms with E-state index in [1.807, 2.05) is 31.1 Å². The van der Waals surface area contributed by atoms with Gasteiger partial charge in [0.2, 0.25) is 5.91 Å². The average Bonchev–Trinajstić information content (AvgIpc) is 2.53. The molecule has 1 amide bonds. The number of likely N-dealkylation sites (N-methyl/N-ethyl adjacent to an activating group) is 1. The Morgan fingerprint density at radius 3 is 2.91 bits per heavy atom. The minimum atomic E-state index is 0. The summed E-state index contributed by atoms with van der Waals surface area (Å²) < 4.78 is 0. The summed E-state index contributed by atoms with van der Waals surface area (Å²) in [6.45, 7) is 2.54. The average molecular weight is 350 g/mol. The highest BCUT2D eigenvalue weighted by Gasteiger charge is 2.26. The van der Waals surface area contributed by atoms with Crippen molar-refractivity contribution in [3.63, 3.8) is 0 Å². The number of hydrogen-bond donors (Lipinski definition) is 1. The zero-order valence-corrected chi connectivity index (χ0v) is 14.7. The van der Waals surface area contributed by atoms with Gasteiger partial charge in [-0.25, -0.2) is 0 Å². The van der Waals surface area contributed by atoms with Gasteiger partial charge in [0.25, 0.3) is 0 Å². The summed E-state index contributed by atoms with van der Waals surface area (Å²) in [5.74, 6) is 1.10. The first kappa shape index (κ1) is 20.9. The van der Waals surface area contributed by atoms with Crippen molar-refractivity contribution in [2.45, 2.75) is 25.3 Å². The Bertz CT molecular complexity index is 435. The van der Waals surface area contributed by atoms with E-state index >= 15 is 0 Å². The molecule has 126 valence electrons. The number of aromatic nitrogens is 2. The third kappa shape index (κ3) is 5.59. The van der Waals surface area contributed by atoms with Crippen LogP contribution >= 0.6 is 24.8 Å². The van der Waals surface area contributed by atoms with Gasteiger partial charge in [-0.15, -0.1) is 29.9 Å². The molecule has 0 saturated carbocycles. The Hall–Kier alpha value is -1.11. The summed E-state index contributed by atoms with van der Waals surface area (Å²) in [7, 11) is 3.77. The first-order chi connectivity index (χ1) is 9.72. The van der Waals surface area contributed by atoms with Crippen LogP contribution in [0.5, 0.6) is 0 Å². The molecule has 0 radical (unpaired) electrons. The smallest absolute Gasteiger partial charge is 0.223 e. The van der Waals surface area contributed by atoms with E-state index in [4.69, 9.17) is 0 Å². The fraction of sp³-hybridized carbons (Fsp3) is 0.643. The van der Waals surface area contributed by atoms with Gasteiger partial charge in [-0.1, -0.05) is 0 Å². The van der Waals surface area contributed by atoms with E-state index in [0.717, 1.165) is 38.3 Å². The van der Waals surface area contributed by atoms with Gasteiger partial charge in [0.15, 0.2) is 5.82 Å². The molecule has 2 heterocycles. The van der Waals surface area contributed by atoms with Crippen molar-refractivity contribution in [2.75, 3.05) is 38.6 Å². The van der Waals surface area contributed by atoms with Crippen LogP contribution in [0.3, 0.4) is 0 Å². The van der Waals surface area contributed by atoms with E-state index in [-0.39, 0.29) is 36.8 Å². The van der Waals surface area contributed by atoms with Gasteiger partial charge >= 0.3 is 0 Å². The third-order valence-corrected chi connectivity index (χ3v) is 3.81. The first-order valence-corrected chi connectivity index (χ1v) is 7.15. The Morgan fingerprint density at radius 2 is 2.27 bits per heavy atom. The first-order valence-electron chi connectivity index (χ1n) is 7.15. The summed E-state index contributed by atoms with van der Waals surface area (Å²) >= 11 is 0. The van der Waals surface area contributed by atoms with Crippen LogP contribution in [0.4, 0.5) is 5.82 Å². The van der Waals surface area contributed by atoms with Gasteiger partial charge in [0.1, 0.15) is 0 Å². The largest absolute Gasteiger partial charge is 0.353 e. The molecule has 1 aromatic rings. The number of nitrogens with zero attached hydrogens (tertiary/aromatic N) is 4. The van der Waals surface area contributed by atoms with Crippen LogP contribution in [-0.2, 0) is 4.79 Å². The number of anilines is 1. The van der Waals surface area contributed by atoms with Gasteiger partial charge in [-0.05, 0) is 32.0 Å². The van der Waals surface area contributed by atoms with Crippen LogP contribution in [0.1, 0.15) is 19.3 Å². The fourth-order valence-corrected chi connectivity index (χ4v) is 2.55. The van der Waals surface area contributed by atoms with Crippen molar-refractivity contribution < 1.29 is 4.79 Å². The standard InChI is InChI=1S/C14H23N5O.2ClH/c1-15-9-7-14(20)18(2)12-5-4-10-19(11-12)13-6-3-8-16-17-13;;/h3,6,8,12,15H,4-5,7,9-11H2,1-2H3;2*1H. The Kier molecular flexibility index (Phi) is 10.1. The number of halogens is 2. The summed E-state index contributed by atoms with van der Waals surface area (Å²) in [5, 5.41) is 11.1. The summed E-state index contributed by atoms with van der Waals surface area (Å²) in [4.78, 5) is 16.2. The lowest BCUT2D eigenvalue weighted by Crippen LogP contribution is -2.49. The van der Waals surface area contributed by atoms with E-state index in [0.29, 0.717) is 6.42 Å². The molecule has 1 atom stereocenters. The molecule has 0 bridgehead atoms. The summed E-state index contributed by atoms with van der Waals surface area (Å²) in [6.07, 6.45) is 4.36. The zero-order valence-electron chi connectivity index (χ0n) is 13.1. The third-order valence-electron chi connectivity index (χ3n) is 3.81. The number of rotatable bonds is 5. The number of hydrogen-bond acceptors (Lipinski definition) is 5. The van der Waals surface area contributed by atoms with Gasteiger partial charge < -0.3 is 15.1 Å². The molecule has 1 aliphatic heterocycles. The lowest BCUT2D eigenvalue weighted by molar-refractivity contribution is -0.132. The second-order valence-corrected chi connectivity index (χ2v) is 5.18. The molecule has 2 rings (SSSR count). The van der Waals surface area contributed by atoms with Crippen molar-refractivity contribution in [1.82, 2.24) is 20.4 Å². The molecule has 1 aromatic heterocycles. The molecule has 8 heteroatoms. The van der Waals surface area contributed by atoms with Crippen LogP contribution in [-0.4, -0.2) is 60.8 Å². The molecule has 0 aliphatic carbocycles. The number of nitrogens with one attached hydrogen (secondary N) is 1. The number of carbonyl (C=O) groups excluding carboxylic acids is 1. The minimum Gasteiger partial charge on any atom is -0.353 e. The van der Waals surface area contributed by atoms with Gasteiger partial charge in [0.05, 0.1) is 0 Å². The highest BCUT2D eigenvalue weighted by Crippen LogP contribution is 2.19. The summed E-state index contributed by atoms with van der Waals surface area (Å²) in [5.41, 5.74) is 0. The fourth-order valence-electron chi connectivity index (χ4n) is 2.55. The normalized spacial score (nSPS) is 17.2. The second kappa shape index (κ2) is 10.6. The maximum Gasteiger partial charge on any atom is 0.223 e. The van der Waals surface area contributed by atoms with E-state index in [9.17, 15) is 4.79 Å². The molecule has 1 saturated heterocycles. The lowest BCUT2D eigenvalue weighted by Gasteiger charge is -2.38. The Morgan fingerprint density at radius 1 is 1.50 bits per heavy atom. The molecule has 1 fully saturated rings. The van der Waals surface area contributed by atoms with Gasteiger partial charge in [-0.3, -0.25) is 4.79 Å². The highest BCUT2D eigenvalue weighted by atomic mass is 35.5. The van der Waals surface area contributed by atoms with Crippen molar-refractivity contribution in [2.24, 2.45) is 0 Å². The van der Waals surface area contributed by atoms with E-state index in [1.165, 1.54) is 0 Å². The molecule has 22 heavy (non-hydrogen) atoms. The molecule has 1 N–H and O–H groups in total. The van der Waals surface area contributed by atoms with E-state index in [2.05, 4.69) is 20.4 Å². The molecule has 0 aromatic carbocycles. The molecule has 1 unspecified atom stereocenters. The summed E-state index contributed by atoms with van der Waals surface area (Å²) in [6, 6.07) is 4.13. The highest BCUT2D eigenvalue weighted by molar-refractivity contribution is 5.85. The molecular weight excluding hydrogens is 325 g/mol. The SMILES string of the molecule is CNCCC(=O)N(C)C1CCCN(c2cccnn2)C1.Cl.Cl. The van der Waals surface area contributed by atoms with E-state index < -0.39 is 0 Å². The molecule has 1 aliphatic rings. The predicted molar refractivity (Wildman–Crippen MR) is 93.1 cm³/mol. The van der Waals surface area contributed by atoms with Crippen LogP contribution in [0, 0.1) is 0 Å². The monoisotopic (exact) mass is 349 g/mol. The van der Waals surface area contributed by atoms with Crippen molar-refractivity contribution >= 4 is 36.5 Å².